The van der Waals surface area contributed by atoms with Gasteiger partial charge in [0.15, 0.2) is 0 Å². The van der Waals surface area contributed by atoms with Crippen molar-refractivity contribution in [1.29, 1.82) is 10.5 Å². The molecule has 0 spiro atoms. The molecule has 0 aliphatic carbocycles. The van der Waals surface area contributed by atoms with E-state index < -0.39 is 13.0 Å². The molecule has 0 saturated heterocycles. The molecular formula is C15H10F2N4OS. The Morgan fingerprint density at radius 1 is 1.17 bits per heavy atom. The number of pyridine rings is 1. The molecule has 23 heavy (non-hydrogen) atoms. The summed E-state index contributed by atoms with van der Waals surface area (Å²) in [5.74, 6) is 0.310. The van der Waals surface area contributed by atoms with Crippen molar-refractivity contribution < 1.29 is 13.5 Å². The minimum absolute atomic E-state index is 0.0597. The Labute approximate surface area is 135 Å². The fourth-order valence-electron chi connectivity index (χ4n) is 2.01. The molecule has 0 aliphatic heterocycles. The van der Waals surface area contributed by atoms with Crippen LogP contribution in [0.5, 0.6) is 5.75 Å². The number of hydrogen-bond donors (Lipinski definition) is 2. The highest BCUT2D eigenvalue weighted by Crippen LogP contribution is 2.31. The lowest BCUT2D eigenvalue weighted by atomic mass is 9.97. The van der Waals surface area contributed by atoms with Gasteiger partial charge in [-0.25, -0.2) is 8.78 Å². The molecule has 5 nitrogen and oxygen atoms in total. The van der Waals surface area contributed by atoms with Crippen LogP contribution in [0.15, 0.2) is 24.3 Å². The Morgan fingerprint density at radius 3 is 2.30 bits per heavy atom. The van der Waals surface area contributed by atoms with Gasteiger partial charge in [0.25, 0.3) is 6.43 Å². The summed E-state index contributed by atoms with van der Waals surface area (Å²) >= 11 is 5.05. The predicted molar refractivity (Wildman–Crippen MR) is 82.4 cm³/mol. The monoisotopic (exact) mass is 332 g/mol. The van der Waals surface area contributed by atoms with Gasteiger partial charge in [-0.1, -0.05) is 24.4 Å². The van der Waals surface area contributed by atoms with Gasteiger partial charge >= 0.3 is 0 Å². The van der Waals surface area contributed by atoms with Crippen molar-refractivity contribution in [2.45, 2.75) is 6.43 Å². The van der Waals surface area contributed by atoms with Crippen LogP contribution in [-0.2, 0) is 0 Å². The standard InChI is InChI=1S/C15H10F2N4OS/c16-12(17)7-22-9-3-1-8(2-4-9)13-10(5-18)14(20)21-15(23)11(13)6-19/h1-4,12H,7H2,(H3,20,21,23). The number of halogens is 2. The summed E-state index contributed by atoms with van der Waals surface area (Å²) < 4.78 is 29.3. The first kappa shape index (κ1) is 16.4. The van der Waals surface area contributed by atoms with Crippen molar-refractivity contribution in [2.24, 2.45) is 0 Å². The highest BCUT2D eigenvalue weighted by atomic mass is 32.1. The summed E-state index contributed by atoms with van der Waals surface area (Å²) in [6, 6.07) is 9.91. The molecule has 1 heterocycles. The molecule has 0 saturated carbocycles. The summed E-state index contributed by atoms with van der Waals surface area (Å²) in [7, 11) is 0. The smallest absolute Gasteiger partial charge is 0.272 e. The van der Waals surface area contributed by atoms with Gasteiger partial charge < -0.3 is 15.5 Å². The second-order valence-electron chi connectivity index (χ2n) is 4.44. The number of aromatic amines is 1. The number of nitriles is 2. The molecular weight excluding hydrogens is 322 g/mol. The number of hydrogen-bond acceptors (Lipinski definition) is 5. The Bertz CT molecular complexity index is 863. The van der Waals surface area contributed by atoms with Crippen molar-refractivity contribution in [3.05, 3.63) is 40.0 Å². The summed E-state index contributed by atoms with van der Waals surface area (Å²) in [5.41, 5.74) is 6.76. The lowest BCUT2D eigenvalue weighted by Crippen LogP contribution is -2.06. The van der Waals surface area contributed by atoms with Gasteiger partial charge in [0, 0.05) is 5.56 Å². The maximum atomic E-state index is 12.1. The fourth-order valence-corrected chi connectivity index (χ4v) is 2.27. The van der Waals surface area contributed by atoms with E-state index in [0.29, 0.717) is 11.1 Å². The number of alkyl halides is 2. The van der Waals surface area contributed by atoms with Crippen LogP contribution in [0.2, 0.25) is 0 Å². The minimum atomic E-state index is -2.57. The number of nitrogens with zero attached hydrogens (tertiary/aromatic N) is 2. The molecule has 0 radical (unpaired) electrons. The molecule has 2 rings (SSSR count). The predicted octanol–water partition coefficient (Wildman–Crippen LogP) is 3.38. The van der Waals surface area contributed by atoms with Crippen LogP contribution in [0.1, 0.15) is 11.1 Å². The maximum Gasteiger partial charge on any atom is 0.272 e. The van der Waals surface area contributed by atoms with Gasteiger partial charge in [0.1, 0.15) is 40.5 Å². The van der Waals surface area contributed by atoms with Crippen molar-refractivity contribution >= 4 is 18.0 Å². The molecule has 0 aliphatic rings. The summed E-state index contributed by atoms with van der Waals surface area (Å²) in [6.45, 7) is -0.713. The first-order valence-corrected chi connectivity index (χ1v) is 6.76. The molecule has 116 valence electrons. The van der Waals surface area contributed by atoms with Crippen LogP contribution in [0.4, 0.5) is 14.6 Å². The van der Waals surface area contributed by atoms with E-state index in [9.17, 15) is 19.3 Å². The van der Waals surface area contributed by atoms with Crippen LogP contribution < -0.4 is 10.5 Å². The first-order chi connectivity index (χ1) is 11.0. The van der Waals surface area contributed by atoms with Gasteiger partial charge in [-0.15, -0.1) is 0 Å². The Morgan fingerprint density at radius 2 is 1.78 bits per heavy atom. The number of ether oxygens (including phenoxy) is 1. The summed E-state index contributed by atoms with van der Waals surface area (Å²) in [5, 5.41) is 18.5. The molecule has 0 atom stereocenters. The molecule has 0 unspecified atom stereocenters. The van der Waals surface area contributed by atoms with E-state index in [-0.39, 0.29) is 27.3 Å². The third-order valence-electron chi connectivity index (χ3n) is 2.99. The molecule has 2 aromatic rings. The number of nitrogens with one attached hydrogen (secondary N) is 1. The third-order valence-corrected chi connectivity index (χ3v) is 3.29. The van der Waals surface area contributed by atoms with Crippen molar-refractivity contribution in [1.82, 2.24) is 4.98 Å². The third kappa shape index (κ3) is 3.44. The Hall–Kier alpha value is -2.97. The molecule has 1 aromatic carbocycles. The second kappa shape index (κ2) is 6.86. The average Bonchev–Trinajstić information content (AvgIpc) is 2.53. The van der Waals surface area contributed by atoms with Crippen molar-refractivity contribution in [3.8, 4) is 29.0 Å². The van der Waals surface area contributed by atoms with E-state index in [0.717, 1.165) is 0 Å². The van der Waals surface area contributed by atoms with Crippen molar-refractivity contribution in [2.75, 3.05) is 12.3 Å². The molecule has 3 N–H and O–H groups in total. The van der Waals surface area contributed by atoms with E-state index in [1.807, 2.05) is 12.1 Å². The zero-order chi connectivity index (χ0) is 17.0. The van der Waals surface area contributed by atoms with E-state index >= 15 is 0 Å². The zero-order valence-electron chi connectivity index (χ0n) is 11.6. The first-order valence-electron chi connectivity index (χ1n) is 6.35. The number of H-pyrrole nitrogens is 1. The van der Waals surface area contributed by atoms with Gasteiger partial charge in [0.05, 0.1) is 5.56 Å². The maximum absolute atomic E-state index is 12.1. The number of nitrogens with two attached hydrogens (primary N) is 1. The fraction of sp³-hybridized carbons (Fsp3) is 0.133. The number of nitrogen functional groups attached to an aromatic ring is 1. The topological polar surface area (TPSA) is 98.6 Å². The van der Waals surface area contributed by atoms with Crippen LogP contribution >= 0.6 is 12.2 Å². The lowest BCUT2D eigenvalue weighted by Gasteiger charge is -2.11. The highest BCUT2D eigenvalue weighted by Gasteiger charge is 2.16. The molecule has 0 fully saturated rings. The van der Waals surface area contributed by atoms with Crippen LogP contribution in [0.25, 0.3) is 11.1 Å². The summed E-state index contributed by atoms with van der Waals surface area (Å²) in [4.78, 5) is 2.60. The number of anilines is 1. The highest BCUT2D eigenvalue weighted by molar-refractivity contribution is 7.71. The normalized spacial score (nSPS) is 10.1. The van der Waals surface area contributed by atoms with Gasteiger partial charge in [0.2, 0.25) is 0 Å². The SMILES string of the molecule is N#Cc1c(N)[nH]c(=S)c(C#N)c1-c1ccc(OCC(F)F)cc1. The lowest BCUT2D eigenvalue weighted by molar-refractivity contribution is 0.0819. The molecule has 8 heteroatoms. The molecule has 0 bridgehead atoms. The van der Waals surface area contributed by atoms with Gasteiger partial charge in [-0.2, -0.15) is 10.5 Å². The zero-order valence-corrected chi connectivity index (χ0v) is 12.5. The van der Waals surface area contributed by atoms with Gasteiger partial charge in [-0.05, 0) is 17.7 Å². The van der Waals surface area contributed by atoms with Gasteiger partial charge in [-0.3, -0.25) is 0 Å². The quantitative estimate of drug-likeness (QED) is 0.836. The van der Waals surface area contributed by atoms with E-state index in [4.69, 9.17) is 22.7 Å². The van der Waals surface area contributed by atoms with E-state index in [1.54, 1.807) is 12.1 Å². The van der Waals surface area contributed by atoms with Crippen molar-refractivity contribution in [3.63, 3.8) is 0 Å². The molecule has 0 amide bonds. The number of aromatic nitrogens is 1. The Balaban J connectivity index is 2.53. The van der Waals surface area contributed by atoms with E-state index in [2.05, 4.69) is 4.98 Å². The molecule has 1 aromatic heterocycles. The minimum Gasteiger partial charge on any atom is -0.488 e. The van der Waals surface area contributed by atoms with Crippen LogP contribution in [0, 0.1) is 27.3 Å². The average molecular weight is 332 g/mol. The summed E-state index contributed by atoms with van der Waals surface area (Å²) in [6.07, 6.45) is -2.57. The van der Waals surface area contributed by atoms with E-state index in [1.165, 1.54) is 12.1 Å². The second-order valence-corrected chi connectivity index (χ2v) is 4.85. The van der Waals surface area contributed by atoms with Crippen LogP contribution in [-0.4, -0.2) is 18.0 Å². The van der Waals surface area contributed by atoms with Crippen LogP contribution in [0.3, 0.4) is 0 Å². The largest absolute Gasteiger partial charge is 0.488 e. The number of rotatable bonds is 4. The number of benzene rings is 1. The Kier molecular flexibility index (Phi) is 4.89.